The third-order valence-corrected chi connectivity index (χ3v) is 2.30. The zero-order valence-corrected chi connectivity index (χ0v) is 8.23. The standard InChI is InChI=1S/C11H15NO2/c1-8(2-7-11(13)14)9-3-5-10(12)6-4-9/h3-6,8H,2,7,12H2,1H3,(H,13,14). The molecule has 76 valence electrons. The van der Waals surface area contributed by atoms with Crippen LogP contribution in [0.1, 0.15) is 31.2 Å². The molecule has 1 aromatic carbocycles. The lowest BCUT2D eigenvalue weighted by Crippen LogP contribution is -2.00. The first-order valence-corrected chi connectivity index (χ1v) is 4.67. The summed E-state index contributed by atoms with van der Waals surface area (Å²) in [4.78, 5) is 10.4. The second-order valence-electron chi connectivity index (χ2n) is 3.50. The summed E-state index contributed by atoms with van der Waals surface area (Å²) in [5.41, 5.74) is 7.43. The third kappa shape index (κ3) is 3.09. The largest absolute Gasteiger partial charge is 0.481 e. The highest BCUT2D eigenvalue weighted by Crippen LogP contribution is 2.21. The van der Waals surface area contributed by atoms with Gasteiger partial charge in [0.1, 0.15) is 0 Å². The summed E-state index contributed by atoms with van der Waals surface area (Å²) in [5, 5.41) is 8.53. The van der Waals surface area contributed by atoms with Crippen LogP contribution in [0.5, 0.6) is 0 Å². The molecule has 3 heteroatoms. The van der Waals surface area contributed by atoms with Crippen molar-refractivity contribution in [1.82, 2.24) is 0 Å². The maximum atomic E-state index is 10.4. The second-order valence-corrected chi connectivity index (χ2v) is 3.50. The van der Waals surface area contributed by atoms with Crippen molar-refractivity contribution in [1.29, 1.82) is 0 Å². The zero-order chi connectivity index (χ0) is 10.6. The van der Waals surface area contributed by atoms with Crippen LogP contribution in [0.4, 0.5) is 5.69 Å². The number of rotatable bonds is 4. The number of aliphatic carboxylic acids is 1. The van der Waals surface area contributed by atoms with Crippen molar-refractivity contribution in [2.45, 2.75) is 25.7 Å². The summed E-state index contributed by atoms with van der Waals surface area (Å²) in [6.45, 7) is 2.02. The van der Waals surface area contributed by atoms with Crippen molar-refractivity contribution in [3.8, 4) is 0 Å². The van der Waals surface area contributed by atoms with E-state index >= 15 is 0 Å². The van der Waals surface area contributed by atoms with Crippen LogP contribution in [-0.2, 0) is 4.79 Å². The van der Waals surface area contributed by atoms with Crippen LogP contribution in [0.15, 0.2) is 24.3 Å². The van der Waals surface area contributed by atoms with Gasteiger partial charge in [-0.1, -0.05) is 19.1 Å². The molecular weight excluding hydrogens is 178 g/mol. The highest BCUT2D eigenvalue weighted by molar-refractivity contribution is 5.66. The van der Waals surface area contributed by atoms with E-state index in [4.69, 9.17) is 10.8 Å². The van der Waals surface area contributed by atoms with Gasteiger partial charge in [-0.3, -0.25) is 4.79 Å². The number of hydrogen-bond donors (Lipinski definition) is 2. The Hall–Kier alpha value is -1.51. The zero-order valence-electron chi connectivity index (χ0n) is 8.23. The van der Waals surface area contributed by atoms with Crippen LogP contribution in [0.3, 0.4) is 0 Å². The van der Waals surface area contributed by atoms with E-state index in [1.54, 1.807) is 0 Å². The van der Waals surface area contributed by atoms with Gasteiger partial charge in [0.15, 0.2) is 0 Å². The molecule has 0 saturated heterocycles. The Labute approximate surface area is 83.6 Å². The quantitative estimate of drug-likeness (QED) is 0.721. The first-order valence-electron chi connectivity index (χ1n) is 4.67. The van der Waals surface area contributed by atoms with E-state index in [0.29, 0.717) is 6.42 Å². The Balaban J connectivity index is 2.56. The number of carbonyl (C=O) groups is 1. The van der Waals surface area contributed by atoms with Gasteiger partial charge in [0, 0.05) is 12.1 Å². The summed E-state index contributed by atoms with van der Waals surface area (Å²) < 4.78 is 0. The number of nitrogen functional groups attached to an aromatic ring is 1. The third-order valence-electron chi connectivity index (χ3n) is 2.30. The molecule has 1 unspecified atom stereocenters. The van der Waals surface area contributed by atoms with E-state index in [9.17, 15) is 4.79 Å². The molecule has 0 aliphatic rings. The fraction of sp³-hybridized carbons (Fsp3) is 0.364. The summed E-state index contributed by atoms with van der Waals surface area (Å²) in [7, 11) is 0. The van der Waals surface area contributed by atoms with Crippen LogP contribution < -0.4 is 5.73 Å². The average molecular weight is 193 g/mol. The van der Waals surface area contributed by atoms with Gasteiger partial charge in [-0.05, 0) is 30.0 Å². The summed E-state index contributed by atoms with van der Waals surface area (Å²) >= 11 is 0. The van der Waals surface area contributed by atoms with E-state index in [2.05, 4.69) is 0 Å². The fourth-order valence-electron chi connectivity index (χ4n) is 1.33. The smallest absolute Gasteiger partial charge is 0.303 e. The lowest BCUT2D eigenvalue weighted by atomic mass is 9.96. The van der Waals surface area contributed by atoms with E-state index in [-0.39, 0.29) is 12.3 Å². The van der Waals surface area contributed by atoms with Gasteiger partial charge in [0.25, 0.3) is 0 Å². The van der Waals surface area contributed by atoms with Crippen LogP contribution in [0.25, 0.3) is 0 Å². The van der Waals surface area contributed by atoms with Crippen molar-refractivity contribution in [3.05, 3.63) is 29.8 Å². The van der Waals surface area contributed by atoms with Gasteiger partial charge in [0.2, 0.25) is 0 Å². The van der Waals surface area contributed by atoms with E-state index in [1.807, 2.05) is 31.2 Å². The predicted octanol–water partition coefficient (Wildman–Crippen LogP) is 2.24. The fourth-order valence-corrected chi connectivity index (χ4v) is 1.33. The Kier molecular flexibility index (Phi) is 3.51. The maximum absolute atomic E-state index is 10.4. The van der Waals surface area contributed by atoms with Crippen molar-refractivity contribution in [3.63, 3.8) is 0 Å². The summed E-state index contributed by atoms with van der Waals surface area (Å²) in [5.74, 6) is -0.473. The number of carboxylic acid groups (broad SMARTS) is 1. The summed E-state index contributed by atoms with van der Waals surface area (Å²) in [6, 6.07) is 7.57. The minimum atomic E-state index is -0.743. The van der Waals surface area contributed by atoms with Crippen molar-refractivity contribution >= 4 is 11.7 Å². The van der Waals surface area contributed by atoms with Gasteiger partial charge in [-0.2, -0.15) is 0 Å². The number of hydrogen-bond acceptors (Lipinski definition) is 2. The first kappa shape index (κ1) is 10.6. The molecule has 0 aliphatic carbocycles. The molecule has 0 radical (unpaired) electrons. The Bertz CT molecular complexity index is 306. The van der Waals surface area contributed by atoms with E-state index < -0.39 is 5.97 Å². The van der Waals surface area contributed by atoms with Crippen LogP contribution in [-0.4, -0.2) is 11.1 Å². The lowest BCUT2D eigenvalue weighted by Gasteiger charge is -2.10. The molecule has 0 aromatic heterocycles. The second kappa shape index (κ2) is 4.65. The molecule has 1 rings (SSSR count). The van der Waals surface area contributed by atoms with Crippen molar-refractivity contribution in [2.75, 3.05) is 5.73 Å². The minimum Gasteiger partial charge on any atom is -0.481 e. The Morgan fingerprint density at radius 2 is 2.00 bits per heavy atom. The molecular formula is C11H15NO2. The molecule has 14 heavy (non-hydrogen) atoms. The molecule has 0 heterocycles. The van der Waals surface area contributed by atoms with E-state index in [0.717, 1.165) is 11.3 Å². The molecule has 1 atom stereocenters. The number of benzene rings is 1. The maximum Gasteiger partial charge on any atom is 0.303 e. The molecule has 0 saturated carbocycles. The molecule has 1 aromatic rings. The number of nitrogens with two attached hydrogens (primary N) is 1. The monoisotopic (exact) mass is 193 g/mol. The highest BCUT2D eigenvalue weighted by Gasteiger charge is 2.07. The molecule has 0 bridgehead atoms. The number of carboxylic acids is 1. The van der Waals surface area contributed by atoms with E-state index in [1.165, 1.54) is 0 Å². The molecule has 0 spiro atoms. The van der Waals surface area contributed by atoms with Crippen molar-refractivity contribution < 1.29 is 9.90 Å². The molecule has 0 aliphatic heterocycles. The molecule has 0 amide bonds. The molecule has 3 N–H and O–H groups in total. The van der Waals surface area contributed by atoms with Gasteiger partial charge < -0.3 is 10.8 Å². The van der Waals surface area contributed by atoms with Crippen LogP contribution in [0.2, 0.25) is 0 Å². The Morgan fingerprint density at radius 1 is 1.43 bits per heavy atom. The Morgan fingerprint density at radius 3 is 2.50 bits per heavy atom. The predicted molar refractivity (Wildman–Crippen MR) is 56.1 cm³/mol. The SMILES string of the molecule is CC(CCC(=O)O)c1ccc(N)cc1. The normalized spacial score (nSPS) is 12.4. The highest BCUT2D eigenvalue weighted by atomic mass is 16.4. The van der Waals surface area contributed by atoms with Gasteiger partial charge in [0.05, 0.1) is 0 Å². The topological polar surface area (TPSA) is 63.3 Å². The lowest BCUT2D eigenvalue weighted by molar-refractivity contribution is -0.137. The van der Waals surface area contributed by atoms with Crippen LogP contribution >= 0.6 is 0 Å². The molecule has 3 nitrogen and oxygen atoms in total. The molecule has 0 fully saturated rings. The summed E-state index contributed by atoms with van der Waals surface area (Å²) in [6.07, 6.45) is 0.880. The first-order chi connectivity index (χ1) is 6.59. The van der Waals surface area contributed by atoms with Crippen LogP contribution in [0, 0.1) is 0 Å². The number of anilines is 1. The average Bonchev–Trinajstić information content (AvgIpc) is 2.15. The van der Waals surface area contributed by atoms with Gasteiger partial charge in [-0.25, -0.2) is 0 Å². The van der Waals surface area contributed by atoms with Gasteiger partial charge in [-0.15, -0.1) is 0 Å². The minimum absolute atomic E-state index is 0.214. The van der Waals surface area contributed by atoms with Crippen molar-refractivity contribution in [2.24, 2.45) is 0 Å². The van der Waals surface area contributed by atoms with Gasteiger partial charge >= 0.3 is 5.97 Å².